The van der Waals surface area contributed by atoms with Gasteiger partial charge >= 0.3 is 0 Å². The van der Waals surface area contributed by atoms with Crippen LogP contribution in [0.3, 0.4) is 0 Å². The van der Waals surface area contributed by atoms with Crippen molar-refractivity contribution >= 4 is 0 Å². The first-order chi connectivity index (χ1) is 10.1. The van der Waals surface area contributed by atoms with E-state index < -0.39 is 0 Å². The van der Waals surface area contributed by atoms with E-state index in [-0.39, 0.29) is 18.0 Å². The Bertz CT molecular complexity index is 415. The molecule has 2 unspecified atom stereocenters. The summed E-state index contributed by atoms with van der Waals surface area (Å²) in [6.07, 6.45) is 4.57. The fourth-order valence-corrected chi connectivity index (χ4v) is 3.27. The lowest BCUT2D eigenvalue weighted by molar-refractivity contribution is 0.127. The lowest BCUT2D eigenvalue weighted by Crippen LogP contribution is -2.38. The van der Waals surface area contributed by atoms with Gasteiger partial charge in [0.25, 0.3) is 0 Å². The predicted molar refractivity (Wildman–Crippen MR) is 83.7 cm³/mol. The van der Waals surface area contributed by atoms with Gasteiger partial charge < -0.3 is 15.3 Å². The van der Waals surface area contributed by atoms with Crippen LogP contribution in [0.1, 0.15) is 37.3 Å². The molecule has 0 saturated heterocycles. The molecule has 0 amide bonds. The summed E-state index contributed by atoms with van der Waals surface area (Å²) in [5.41, 5.74) is 1.13. The number of benzene rings is 1. The Morgan fingerprint density at radius 3 is 2.43 bits per heavy atom. The highest BCUT2D eigenvalue weighted by atomic mass is 19.1. The minimum absolute atomic E-state index is 0.198. The Labute approximate surface area is 127 Å². The van der Waals surface area contributed by atoms with Crippen LogP contribution in [-0.4, -0.2) is 43.3 Å². The van der Waals surface area contributed by atoms with Crippen LogP contribution in [0.25, 0.3) is 0 Å². The molecule has 1 aromatic carbocycles. The van der Waals surface area contributed by atoms with Crippen LogP contribution in [0.15, 0.2) is 24.3 Å². The first-order valence-electron chi connectivity index (χ1n) is 7.88. The molecule has 1 saturated carbocycles. The third kappa shape index (κ3) is 5.06. The molecule has 0 aromatic heterocycles. The van der Waals surface area contributed by atoms with E-state index in [0.29, 0.717) is 19.0 Å². The minimum atomic E-state index is -0.385. The van der Waals surface area contributed by atoms with Crippen LogP contribution in [0.5, 0.6) is 0 Å². The Kier molecular flexibility index (Phi) is 6.15. The quantitative estimate of drug-likeness (QED) is 0.811. The van der Waals surface area contributed by atoms with Crippen molar-refractivity contribution in [3.63, 3.8) is 0 Å². The summed E-state index contributed by atoms with van der Waals surface area (Å²) < 4.78 is 13.1. The molecule has 1 aliphatic rings. The number of likely N-dealkylation sites (N-methyl/N-ethyl adjacent to an activating group) is 1. The topological polar surface area (TPSA) is 35.5 Å². The number of halogens is 1. The van der Waals surface area contributed by atoms with Gasteiger partial charge in [0.05, 0.1) is 6.10 Å². The molecule has 0 aliphatic heterocycles. The summed E-state index contributed by atoms with van der Waals surface area (Å²) in [7, 11) is 3.91. The maximum absolute atomic E-state index is 13.1. The van der Waals surface area contributed by atoms with Crippen molar-refractivity contribution in [1.82, 2.24) is 10.2 Å². The minimum Gasteiger partial charge on any atom is -0.390 e. The Hall–Kier alpha value is -0.970. The molecule has 2 rings (SSSR count). The van der Waals surface area contributed by atoms with E-state index >= 15 is 0 Å². The lowest BCUT2D eigenvalue weighted by atomic mass is 9.91. The van der Waals surface area contributed by atoms with E-state index in [2.05, 4.69) is 5.32 Å². The van der Waals surface area contributed by atoms with E-state index in [1.54, 1.807) is 0 Å². The molecule has 2 atom stereocenters. The number of hydrogen-bond acceptors (Lipinski definition) is 3. The Morgan fingerprint density at radius 2 is 1.86 bits per heavy atom. The molecular formula is C17H27FN2O. The molecule has 21 heavy (non-hydrogen) atoms. The summed E-state index contributed by atoms with van der Waals surface area (Å²) in [5, 5.41) is 13.5. The molecule has 118 valence electrons. The van der Waals surface area contributed by atoms with Crippen molar-refractivity contribution in [2.24, 2.45) is 5.92 Å². The molecule has 0 heterocycles. The molecule has 4 heteroatoms. The maximum atomic E-state index is 13.1. The van der Waals surface area contributed by atoms with Crippen LogP contribution in [0, 0.1) is 11.7 Å². The summed E-state index contributed by atoms with van der Waals surface area (Å²) in [6.45, 7) is 1.21. The summed E-state index contributed by atoms with van der Waals surface area (Å²) in [4.78, 5) is 1.98. The molecule has 0 bridgehead atoms. The third-order valence-corrected chi connectivity index (χ3v) is 4.25. The van der Waals surface area contributed by atoms with Crippen LogP contribution in [0.2, 0.25) is 0 Å². The molecular weight excluding hydrogens is 267 g/mol. The van der Waals surface area contributed by atoms with Crippen molar-refractivity contribution in [2.75, 3.05) is 27.2 Å². The van der Waals surface area contributed by atoms with Gasteiger partial charge in [0.2, 0.25) is 0 Å². The van der Waals surface area contributed by atoms with Crippen LogP contribution in [-0.2, 0) is 0 Å². The monoisotopic (exact) mass is 294 g/mol. The summed E-state index contributed by atoms with van der Waals surface area (Å²) >= 11 is 0. The second-order valence-corrected chi connectivity index (χ2v) is 6.40. The van der Waals surface area contributed by atoms with Gasteiger partial charge in [0.1, 0.15) is 5.82 Å². The van der Waals surface area contributed by atoms with E-state index in [1.807, 2.05) is 31.1 Å². The first-order valence-corrected chi connectivity index (χ1v) is 7.88. The molecule has 0 spiro atoms. The largest absolute Gasteiger partial charge is 0.390 e. The maximum Gasteiger partial charge on any atom is 0.123 e. The van der Waals surface area contributed by atoms with Gasteiger partial charge in [-0.15, -0.1) is 0 Å². The third-order valence-electron chi connectivity index (χ3n) is 4.25. The Morgan fingerprint density at radius 1 is 1.24 bits per heavy atom. The number of rotatable bonds is 7. The Balaban J connectivity index is 2.00. The average Bonchev–Trinajstić information content (AvgIpc) is 2.94. The van der Waals surface area contributed by atoms with Crippen molar-refractivity contribution in [3.05, 3.63) is 35.6 Å². The number of aliphatic hydroxyl groups excluding tert-OH is 1. The zero-order valence-corrected chi connectivity index (χ0v) is 13.1. The molecule has 2 N–H and O–H groups in total. The van der Waals surface area contributed by atoms with Crippen molar-refractivity contribution in [3.8, 4) is 0 Å². The molecule has 0 radical (unpaired) electrons. The number of aliphatic hydroxyl groups is 1. The highest BCUT2D eigenvalue weighted by Gasteiger charge is 2.26. The second kappa shape index (κ2) is 7.87. The van der Waals surface area contributed by atoms with Crippen LogP contribution < -0.4 is 5.32 Å². The molecule has 3 nitrogen and oxygen atoms in total. The summed E-state index contributed by atoms with van der Waals surface area (Å²) in [6, 6.07) is 6.99. The van der Waals surface area contributed by atoms with Crippen molar-refractivity contribution < 1.29 is 9.50 Å². The SMILES string of the molecule is CN(C)CC(O)CNC(c1ccc(F)cc1)C1CCCC1. The van der Waals surface area contributed by atoms with Crippen molar-refractivity contribution in [1.29, 1.82) is 0 Å². The van der Waals surface area contributed by atoms with Gasteiger partial charge in [-0.25, -0.2) is 4.39 Å². The fraction of sp³-hybridized carbons (Fsp3) is 0.647. The average molecular weight is 294 g/mol. The van der Waals surface area contributed by atoms with E-state index in [9.17, 15) is 9.50 Å². The number of nitrogens with zero attached hydrogens (tertiary/aromatic N) is 1. The van der Waals surface area contributed by atoms with Gasteiger partial charge in [-0.2, -0.15) is 0 Å². The molecule has 1 aliphatic carbocycles. The van der Waals surface area contributed by atoms with Crippen LogP contribution >= 0.6 is 0 Å². The molecule has 1 aromatic rings. The van der Waals surface area contributed by atoms with Gasteiger partial charge in [-0.05, 0) is 50.6 Å². The second-order valence-electron chi connectivity index (χ2n) is 6.40. The first kappa shape index (κ1) is 16.4. The van der Waals surface area contributed by atoms with E-state index in [1.165, 1.54) is 37.8 Å². The zero-order valence-electron chi connectivity index (χ0n) is 13.1. The molecule has 1 fully saturated rings. The van der Waals surface area contributed by atoms with E-state index in [4.69, 9.17) is 0 Å². The zero-order chi connectivity index (χ0) is 15.2. The summed E-state index contributed by atoms with van der Waals surface area (Å²) in [5.74, 6) is 0.388. The van der Waals surface area contributed by atoms with Gasteiger partial charge in [-0.3, -0.25) is 0 Å². The fourth-order valence-electron chi connectivity index (χ4n) is 3.27. The highest BCUT2D eigenvalue weighted by Crippen LogP contribution is 2.35. The normalized spacial score (nSPS) is 19.1. The lowest BCUT2D eigenvalue weighted by Gasteiger charge is -2.27. The van der Waals surface area contributed by atoms with Gasteiger partial charge in [-0.1, -0.05) is 25.0 Å². The van der Waals surface area contributed by atoms with Gasteiger partial charge in [0, 0.05) is 19.1 Å². The highest BCUT2D eigenvalue weighted by molar-refractivity contribution is 5.21. The van der Waals surface area contributed by atoms with Crippen LogP contribution in [0.4, 0.5) is 4.39 Å². The number of nitrogens with one attached hydrogen (secondary N) is 1. The van der Waals surface area contributed by atoms with Crippen molar-refractivity contribution in [2.45, 2.75) is 37.8 Å². The van der Waals surface area contributed by atoms with Gasteiger partial charge in [0.15, 0.2) is 0 Å². The van der Waals surface area contributed by atoms with E-state index in [0.717, 1.165) is 5.56 Å². The smallest absolute Gasteiger partial charge is 0.123 e. The predicted octanol–water partition coefficient (Wildman–Crippen LogP) is 2.57. The standard InChI is InChI=1S/C17H27FN2O/c1-20(2)12-16(21)11-19-17(13-5-3-4-6-13)14-7-9-15(18)10-8-14/h7-10,13,16-17,19,21H,3-6,11-12H2,1-2H3. The number of hydrogen-bond donors (Lipinski definition) is 2.